The first-order valence-electron chi connectivity index (χ1n) is 3.43. The monoisotopic (exact) mass is 164 g/mol. The normalized spacial score (nSPS) is 21.0. The summed E-state index contributed by atoms with van der Waals surface area (Å²) in [6.45, 7) is 0. The minimum Gasteiger partial charge on any atom is -0.289 e. The van der Waals surface area contributed by atoms with E-state index >= 15 is 0 Å². The first kappa shape index (κ1) is 8.43. The molecule has 0 fully saturated rings. The van der Waals surface area contributed by atoms with Crippen molar-refractivity contribution < 1.29 is 4.79 Å². The van der Waals surface area contributed by atoms with Gasteiger partial charge in [0.1, 0.15) is 5.70 Å². The molecule has 0 radical (unpaired) electrons. The van der Waals surface area contributed by atoms with E-state index in [0.29, 0.717) is 6.42 Å². The van der Waals surface area contributed by atoms with Crippen LogP contribution in [-0.4, -0.2) is 12.1 Å². The second-order valence-corrected chi connectivity index (χ2v) is 2.31. The van der Waals surface area contributed by atoms with Crippen molar-refractivity contribution in [1.82, 2.24) is 5.43 Å². The highest BCUT2D eigenvalue weighted by molar-refractivity contribution is 5.94. The van der Waals surface area contributed by atoms with Crippen molar-refractivity contribution in [3.8, 4) is 6.07 Å². The van der Waals surface area contributed by atoms with Crippen LogP contribution in [0.2, 0.25) is 0 Å². The van der Waals surface area contributed by atoms with E-state index in [0.717, 1.165) is 0 Å². The van der Waals surface area contributed by atoms with Gasteiger partial charge < -0.3 is 0 Å². The topological polar surface area (TPSA) is 91.3 Å². The summed E-state index contributed by atoms with van der Waals surface area (Å²) in [6, 6.07) is 2.02. The number of hydrogen-bond donors (Lipinski definition) is 2. The molecule has 0 aromatic carbocycles. The fraction of sp³-hybridized carbons (Fsp3) is 0.286. The molecule has 1 amide bonds. The lowest BCUT2D eigenvalue weighted by Gasteiger charge is -2.07. The third-order valence-corrected chi connectivity index (χ3v) is 1.49. The van der Waals surface area contributed by atoms with Crippen LogP contribution in [0.15, 0.2) is 16.8 Å². The van der Waals surface area contributed by atoms with Crippen molar-refractivity contribution in [2.24, 2.45) is 16.8 Å². The first-order valence-corrected chi connectivity index (χ1v) is 3.43. The molecule has 1 aliphatic rings. The second-order valence-electron chi connectivity index (χ2n) is 2.31. The summed E-state index contributed by atoms with van der Waals surface area (Å²) in [5.74, 6) is 4.24. The molecule has 1 aliphatic heterocycles. The number of hydrogen-bond acceptors (Lipinski definition) is 4. The Morgan fingerprint density at radius 3 is 3.08 bits per heavy atom. The summed E-state index contributed by atoms with van der Waals surface area (Å²) in [4.78, 5) is 14.6. The molecule has 0 aromatic heterocycles. The van der Waals surface area contributed by atoms with E-state index in [1.807, 2.05) is 11.5 Å². The van der Waals surface area contributed by atoms with Crippen LogP contribution in [-0.2, 0) is 4.79 Å². The number of carbonyl (C=O) groups is 1. The fourth-order valence-electron chi connectivity index (χ4n) is 0.834. The van der Waals surface area contributed by atoms with Gasteiger partial charge in [-0.2, -0.15) is 5.26 Å². The van der Waals surface area contributed by atoms with Gasteiger partial charge in [0.15, 0.2) is 0 Å². The third kappa shape index (κ3) is 1.68. The second kappa shape index (κ2) is 3.64. The molecule has 0 saturated carbocycles. The molecule has 0 spiro atoms. The summed E-state index contributed by atoms with van der Waals surface area (Å²) in [6.07, 6.45) is 3.56. The van der Waals surface area contributed by atoms with Crippen LogP contribution in [0.3, 0.4) is 0 Å². The average molecular weight is 164 g/mol. The maximum Gasteiger partial charge on any atom is 0.283 e. The predicted molar refractivity (Wildman–Crippen MR) is 42.6 cm³/mol. The predicted octanol–water partition coefficient (Wildman–Crippen LogP) is -0.526. The minimum atomic E-state index is -0.428. The third-order valence-electron chi connectivity index (χ3n) is 1.49. The molecule has 1 unspecified atom stereocenters. The number of allylic oxidation sites excluding steroid dienone is 1. The highest BCUT2D eigenvalue weighted by Crippen LogP contribution is 2.10. The molecule has 1 heterocycles. The van der Waals surface area contributed by atoms with E-state index in [1.165, 1.54) is 6.21 Å². The molecule has 12 heavy (non-hydrogen) atoms. The molecule has 5 heteroatoms. The molecule has 0 aromatic rings. The van der Waals surface area contributed by atoms with Crippen molar-refractivity contribution in [1.29, 1.82) is 5.26 Å². The van der Waals surface area contributed by atoms with E-state index in [-0.39, 0.29) is 11.6 Å². The van der Waals surface area contributed by atoms with E-state index in [4.69, 9.17) is 11.1 Å². The van der Waals surface area contributed by atoms with Crippen LogP contribution in [0.5, 0.6) is 0 Å². The van der Waals surface area contributed by atoms with Gasteiger partial charge >= 0.3 is 0 Å². The van der Waals surface area contributed by atoms with Gasteiger partial charge in [-0.05, 0) is 6.42 Å². The quantitative estimate of drug-likeness (QED) is 0.310. The van der Waals surface area contributed by atoms with Gasteiger partial charge in [-0.3, -0.25) is 15.2 Å². The van der Waals surface area contributed by atoms with E-state index < -0.39 is 5.91 Å². The maximum absolute atomic E-state index is 10.9. The van der Waals surface area contributed by atoms with Gasteiger partial charge in [0, 0.05) is 6.21 Å². The van der Waals surface area contributed by atoms with Gasteiger partial charge in [-0.1, -0.05) is 6.08 Å². The maximum atomic E-state index is 10.9. The zero-order valence-corrected chi connectivity index (χ0v) is 6.32. The number of carbonyl (C=O) groups excluding carboxylic acids is 1. The average Bonchev–Trinajstić information content (AvgIpc) is 2.17. The van der Waals surface area contributed by atoms with Crippen molar-refractivity contribution in [3.05, 3.63) is 11.8 Å². The SMILES string of the molecule is N#CC1C=NC(C(=O)NN)=CC1. The number of nitrogens with zero attached hydrogens (tertiary/aromatic N) is 2. The number of hydrazine groups is 1. The number of amides is 1. The first-order chi connectivity index (χ1) is 5.77. The summed E-state index contributed by atoms with van der Waals surface area (Å²) in [5, 5.41) is 8.48. The summed E-state index contributed by atoms with van der Waals surface area (Å²) in [5.41, 5.74) is 2.23. The Hall–Kier alpha value is -1.67. The molecule has 5 nitrogen and oxygen atoms in total. The smallest absolute Gasteiger partial charge is 0.283 e. The summed E-state index contributed by atoms with van der Waals surface area (Å²) in [7, 11) is 0. The van der Waals surface area contributed by atoms with Gasteiger partial charge in [0.25, 0.3) is 5.91 Å². The van der Waals surface area contributed by atoms with Crippen molar-refractivity contribution in [2.45, 2.75) is 6.42 Å². The molecular formula is C7H8N4O. The minimum absolute atomic E-state index is 0.223. The van der Waals surface area contributed by atoms with Crippen molar-refractivity contribution in [2.75, 3.05) is 0 Å². The Labute approximate surface area is 69.5 Å². The number of nitrogens with one attached hydrogen (secondary N) is 1. The van der Waals surface area contributed by atoms with Crippen LogP contribution < -0.4 is 11.3 Å². The number of rotatable bonds is 1. The highest BCUT2D eigenvalue weighted by atomic mass is 16.2. The largest absolute Gasteiger partial charge is 0.289 e. The Morgan fingerprint density at radius 1 is 1.92 bits per heavy atom. The van der Waals surface area contributed by atoms with Gasteiger partial charge in [-0.25, -0.2) is 5.84 Å². The Morgan fingerprint density at radius 2 is 2.67 bits per heavy atom. The van der Waals surface area contributed by atoms with Crippen LogP contribution >= 0.6 is 0 Å². The summed E-state index contributed by atoms with van der Waals surface area (Å²) >= 11 is 0. The molecule has 1 atom stereocenters. The van der Waals surface area contributed by atoms with Gasteiger partial charge in [0.05, 0.1) is 12.0 Å². The molecule has 0 bridgehead atoms. The lowest BCUT2D eigenvalue weighted by Crippen LogP contribution is -2.31. The Bertz CT molecular complexity index is 286. The molecule has 62 valence electrons. The Kier molecular flexibility index (Phi) is 2.56. The van der Waals surface area contributed by atoms with E-state index in [9.17, 15) is 4.79 Å². The highest BCUT2D eigenvalue weighted by Gasteiger charge is 2.12. The summed E-state index contributed by atoms with van der Waals surface area (Å²) < 4.78 is 0. The lowest BCUT2D eigenvalue weighted by atomic mass is 10.1. The van der Waals surface area contributed by atoms with Gasteiger partial charge in [0.2, 0.25) is 0 Å². The number of nitriles is 1. The van der Waals surface area contributed by atoms with E-state index in [1.54, 1.807) is 6.08 Å². The zero-order chi connectivity index (χ0) is 8.97. The van der Waals surface area contributed by atoms with Crippen LogP contribution in [0.4, 0.5) is 0 Å². The Balaban J connectivity index is 2.65. The fourth-order valence-corrected chi connectivity index (χ4v) is 0.834. The zero-order valence-electron chi connectivity index (χ0n) is 6.32. The molecule has 3 N–H and O–H groups in total. The molecule has 0 aliphatic carbocycles. The van der Waals surface area contributed by atoms with Crippen LogP contribution in [0.25, 0.3) is 0 Å². The molecule has 0 saturated heterocycles. The number of aliphatic imine (C=N–C) groups is 1. The standard InChI is InChI=1S/C7H8N4O/c8-3-5-1-2-6(10-4-5)7(12)11-9/h2,4-5H,1,9H2,(H,11,12). The van der Waals surface area contributed by atoms with Crippen LogP contribution in [0.1, 0.15) is 6.42 Å². The van der Waals surface area contributed by atoms with Gasteiger partial charge in [-0.15, -0.1) is 0 Å². The van der Waals surface area contributed by atoms with Crippen molar-refractivity contribution >= 4 is 12.1 Å². The molecular weight excluding hydrogens is 156 g/mol. The van der Waals surface area contributed by atoms with Crippen molar-refractivity contribution in [3.63, 3.8) is 0 Å². The lowest BCUT2D eigenvalue weighted by molar-refractivity contribution is -0.117. The molecule has 1 rings (SSSR count). The van der Waals surface area contributed by atoms with E-state index in [2.05, 4.69) is 4.99 Å². The van der Waals surface area contributed by atoms with Crippen LogP contribution in [0, 0.1) is 17.2 Å². The number of nitrogens with two attached hydrogens (primary N) is 1.